The van der Waals surface area contributed by atoms with Crippen LogP contribution in [0.5, 0.6) is 0 Å². The summed E-state index contributed by atoms with van der Waals surface area (Å²) in [6, 6.07) is 11.9. The molecule has 0 saturated carbocycles. The predicted molar refractivity (Wildman–Crippen MR) is 98.8 cm³/mol. The van der Waals surface area contributed by atoms with E-state index in [9.17, 15) is 19.7 Å². The van der Waals surface area contributed by atoms with Crippen molar-refractivity contribution >= 4 is 23.2 Å². The second-order valence-electron chi connectivity index (χ2n) is 6.18. The molecule has 8 nitrogen and oxygen atoms in total. The minimum absolute atomic E-state index is 0.0546. The number of carbonyl (C=O) groups excluding carboxylic acids is 2. The molecule has 2 aromatic rings. The molecule has 0 spiro atoms. The smallest absolute Gasteiger partial charge is 0.269 e. The Labute approximate surface area is 155 Å². The highest BCUT2D eigenvalue weighted by atomic mass is 16.6. The van der Waals surface area contributed by atoms with Crippen LogP contribution in [0.15, 0.2) is 48.5 Å². The molecular weight excluding hydrogens is 350 g/mol. The number of ether oxygens (including phenoxy) is 1. The first-order valence-electron chi connectivity index (χ1n) is 8.58. The fourth-order valence-electron chi connectivity index (χ4n) is 2.79. The Morgan fingerprint density at radius 2 is 1.89 bits per heavy atom. The number of nitrogens with zero attached hydrogens (tertiary/aromatic N) is 1. The van der Waals surface area contributed by atoms with Gasteiger partial charge in [-0.25, -0.2) is 0 Å². The van der Waals surface area contributed by atoms with Crippen LogP contribution in [-0.2, 0) is 4.74 Å². The molecule has 1 unspecified atom stereocenters. The normalized spacial score (nSPS) is 15.9. The van der Waals surface area contributed by atoms with E-state index in [-0.39, 0.29) is 23.3 Å². The lowest BCUT2D eigenvalue weighted by Crippen LogP contribution is -2.31. The van der Waals surface area contributed by atoms with Crippen molar-refractivity contribution in [2.45, 2.75) is 18.9 Å². The van der Waals surface area contributed by atoms with Gasteiger partial charge < -0.3 is 15.4 Å². The number of amides is 2. The zero-order valence-electron chi connectivity index (χ0n) is 14.5. The average Bonchev–Trinajstić information content (AvgIpc) is 3.20. The van der Waals surface area contributed by atoms with E-state index in [1.807, 2.05) is 0 Å². The van der Waals surface area contributed by atoms with Crippen molar-refractivity contribution in [2.75, 3.05) is 18.5 Å². The van der Waals surface area contributed by atoms with Gasteiger partial charge in [-0.1, -0.05) is 6.07 Å². The summed E-state index contributed by atoms with van der Waals surface area (Å²) in [5, 5.41) is 16.2. The van der Waals surface area contributed by atoms with Crippen molar-refractivity contribution in [1.29, 1.82) is 0 Å². The maximum Gasteiger partial charge on any atom is 0.269 e. The van der Waals surface area contributed by atoms with Gasteiger partial charge in [-0.05, 0) is 43.2 Å². The van der Waals surface area contributed by atoms with E-state index in [0.717, 1.165) is 19.4 Å². The van der Waals surface area contributed by atoms with Crippen LogP contribution >= 0.6 is 0 Å². The molecule has 8 heteroatoms. The summed E-state index contributed by atoms with van der Waals surface area (Å²) in [7, 11) is 0. The molecule has 0 aromatic heterocycles. The SMILES string of the molecule is O=C(NCC1CCCO1)c1cccc(NC(=O)c2ccc([N+](=O)[O-])cc2)c1. The molecular formula is C19H19N3O5. The first-order chi connectivity index (χ1) is 13.0. The van der Waals surface area contributed by atoms with Crippen LogP contribution in [0, 0.1) is 10.1 Å². The number of nitro groups is 1. The quantitative estimate of drug-likeness (QED) is 0.601. The number of benzene rings is 2. The van der Waals surface area contributed by atoms with E-state index >= 15 is 0 Å². The highest BCUT2D eigenvalue weighted by molar-refractivity contribution is 6.05. The van der Waals surface area contributed by atoms with E-state index in [2.05, 4.69) is 10.6 Å². The van der Waals surface area contributed by atoms with E-state index in [4.69, 9.17) is 4.74 Å². The van der Waals surface area contributed by atoms with Crippen molar-refractivity contribution in [3.05, 3.63) is 69.8 Å². The van der Waals surface area contributed by atoms with Crippen LogP contribution < -0.4 is 10.6 Å². The standard InChI is InChI=1S/C19H19N3O5/c23-18(20-12-17-5-2-10-27-17)14-3-1-4-15(11-14)21-19(24)13-6-8-16(9-7-13)22(25)26/h1,3-4,6-9,11,17H,2,5,10,12H2,(H,20,23)(H,21,24). The molecule has 3 rings (SSSR count). The summed E-state index contributed by atoms with van der Waals surface area (Å²) in [6.07, 6.45) is 2.00. The number of hydrogen-bond acceptors (Lipinski definition) is 5. The lowest BCUT2D eigenvalue weighted by Gasteiger charge is -2.11. The number of anilines is 1. The van der Waals surface area contributed by atoms with Gasteiger partial charge in [0.25, 0.3) is 17.5 Å². The first-order valence-corrected chi connectivity index (χ1v) is 8.58. The maximum absolute atomic E-state index is 12.3. The van der Waals surface area contributed by atoms with Crippen LogP contribution in [0.1, 0.15) is 33.6 Å². The van der Waals surface area contributed by atoms with Crippen LogP contribution in [0.2, 0.25) is 0 Å². The highest BCUT2D eigenvalue weighted by Crippen LogP contribution is 2.16. The van der Waals surface area contributed by atoms with Crippen molar-refractivity contribution in [2.24, 2.45) is 0 Å². The lowest BCUT2D eigenvalue weighted by molar-refractivity contribution is -0.384. The minimum Gasteiger partial charge on any atom is -0.376 e. The third-order valence-corrected chi connectivity index (χ3v) is 4.24. The molecule has 0 aliphatic carbocycles. The Balaban J connectivity index is 1.61. The highest BCUT2D eigenvalue weighted by Gasteiger charge is 2.17. The minimum atomic E-state index is -0.527. The molecule has 27 heavy (non-hydrogen) atoms. The molecule has 1 aliphatic rings. The summed E-state index contributed by atoms with van der Waals surface area (Å²) in [5.74, 6) is -0.654. The second-order valence-corrected chi connectivity index (χ2v) is 6.18. The largest absolute Gasteiger partial charge is 0.376 e. The number of nitro benzene ring substituents is 1. The summed E-state index contributed by atoms with van der Waals surface area (Å²) in [4.78, 5) is 34.7. The third kappa shape index (κ3) is 4.89. The maximum atomic E-state index is 12.3. The fraction of sp³-hybridized carbons (Fsp3) is 0.263. The lowest BCUT2D eigenvalue weighted by atomic mass is 10.1. The van der Waals surface area contributed by atoms with Crippen LogP contribution in [0.3, 0.4) is 0 Å². The molecule has 1 atom stereocenters. The van der Waals surface area contributed by atoms with Crippen molar-refractivity contribution in [3.8, 4) is 0 Å². The van der Waals surface area contributed by atoms with Crippen molar-refractivity contribution < 1.29 is 19.2 Å². The van der Waals surface area contributed by atoms with Gasteiger partial charge in [0, 0.05) is 42.1 Å². The number of rotatable bonds is 6. The van der Waals surface area contributed by atoms with Gasteiger partial charge in [0.1, 0.15) is 0 Å². The number of carbonyl (C=O) groups is 2. The summed E-state index contributed by atoms with van der Waals surface area (Å²) in [5.41, 5.74) is 1.09. The van der Waals surface area contributed by atoms with Gasteiger partial charge in [0.15, 0.2) is 0 Å². The number of nitrogens with one attached hydrogen (secondary N) is 2. The van der Waals surface area contributed by atoms with Gasteiger partial charge in [-0.2, -0.15) is 0 Å². The molecule has 140 valence electrons. The Hall–Kier alpha value is -3.26. The topological polar surface area (TPSA) is 111 Å². The molecule has 0 bridgehead atoms. The summed E-state index contributed by atoms with van der Waals surface area (Å²) >= 11 is 0. The molecule has 2 aromatic carbocycles. The molecule has 2 N–H and O–H groups in total. The zero-order chi connectivity index (χ0) is 19.2. The monoisotopic (exact) mass is 369 g/mol. The fourth-order valence-corrected chi connectivity index (χ4v) is 2.79. The van der Waals surface area contributed by atoms with Crippen LogP contribution in [-0.4, -0.2) is 36.0 Å². The molecule has 1 saturated heterocycles. The Bertz CT molecular complexity index is 845. The summed E-state index contributed by atoms with van der Waals surface area (Å²) in [6.45, 7) is 1.18. The third-order valence-electron chi connectivity index (χ3n) is 4.24. The Morgan fingerprint density at radius 1 is 1.11 bits per heavy atom. The first kappa shape index (κ1) is 18.5. The molecule has 2 amide bonds. The molecule has 0 radical (unpaired) electrons. The van der Waals surface area contributed by atoms with Gasteiger partial charge in [0.05, 0.1) is 11.0 Å². The predicted octanol–water partition coefficient (Wildman–Crippen LogP) is 2.76. The number of hydrogen-bond donors (Lipinski definition) is 2. The molecule has 1 fully saturated rings. The summed E-state index contributed by atoms with van der Waals surface area (Å²) < 4.78 is 5.47. The van der Waals surface area contributed by atoms with Gasteiger partial charge in [0.2, 0.25) is 0 Å². The van der Waals surface area contributed by atoms with Crippen molar-refractivity contribution in [3.63, 3.8) is 0 Å². The van der Waals surface area contributed by atoms with E-state index in [0.29, 0.717) is 17.8 Å². The van der Waals surface area contributed by atoms with Crippen LogP contribution in [0.25, 0.3) is 0 Å². The van der Waals surface area contributed by atoms with Gasteiger partial charge in [-0.15, -0.1) is 0 Å². The molecule has 1 heterocycles. The Morgan fingerprint density at radius 3 is 2.56 bits per heavy atom. The zero-order valence-corrected chi connectivity index (χ0v) is 14.5. The van der Waals surface area contributed by atoms with Crippen molar-refractivity contribution in [1.82, 2.24) is 5.32 Å². The second kappa shape index (κ2) is 8.41. The van der Waals surface area contributed by atoms with E-state index in [1.54, 1.807) is 24.3 Å². The number of non-ortho nitro benzene ring substituents is 1. The van der Waals surface area contributed by atoms with E-state index < -0.39 is 10.8 Å². The Kier molecular flexibility index (Phi) is 5.77. The van der Waals surface area contributed by atoms with E-state index in [1.165, 1.54) is 24.3 Å². The van der Waals surface area contributed by atoms with Gasteiger partial charge in [-0.3, -0.25) is 19.7 Å². The molecule has 1 aliphatic heterocycles. The van der Waals surface area contributed by atoms with Gasteiger partial charge >= 0.3 is 0 Å². The average molecular weight is 369 g/mol. The van der Waals surface area contributed by atoms with Crippen LogP contribution in [0.4, 0.5) is 11.4 Å².